The molecule has 1 N–H and O–H groups in total. The number of esters is 1. The lowest BCUT2D eigenvalue weighted by molar-refractivity contribution is -0.143. The third-order valence-electron chi connectivity index (χ3n) is 3.00. The van der Waals surface area contributed by atoms with Gasteiger partial charge < -0.3 is 10.1 Å². The Labute approximate surface area is 122 Å². The molecule has 114 valence electrons. The summed E-state index contributed by atoms with van der Waals surface area (Å²) in [5, 5.41) is 2.49. The van der Waals surface area contributed by atoms with Crippen LogP contribution in [0.15, 0.2) is 24.3 Å². The van der Waals surface area contributed by atoms with E-state index in [1.54, 1.807) is 6.92 Å². The van der Waals surface area contributed by atoms with E-state index in [0.717, 1.165) is 12.1 Å². The number of Topliss-reactive ketones (excluding diaryl/α,β-unsaturated/α-hetero) is 1. The number of rotatable bonds is 7. The Morgan fingerprint density at radius 3 is 2.38 bits per heavy atom. The molecule has 1 rings (SSSR count). The van der Waals surface area contributed by atoms with Crippen molar-refractivity contribution in [3.05, 3.63) is 35.6 Å². The number of ketones is 1. The van der Waals surface area contributed by atoms with Crippen molar-refractivity contribution in [3.8, 4) is 0 Å². The van der Waals surface area contributed by atoms with Gasteiger partial charge in [0, 0.05) is 18.4 Å². The van der Waals surface area contributed by atoms with Crippen LogP contribution in [0.5, 0.6) is 0 Å². The van der Waals surface area contributed by atoms with E-state index in [9.17, 15) is 18.8 Å². The zero-order valence-electron chi connectivity index (χ0n) is 12.0. The van der Waals surface area contributed by atoms with Gasteiger partial charge >= 0.3 is 5.97 Å². The number of hydrogen-bond donors (Lipinski definition) is 1. The van der Waals surface area contributed by atoms with E-state index in [1.807, 2.05) is 0 Å². The number of benzene rings is 1. The average molecular weight is 295 g/mol. The van der Waals surface area contributed by atoms with Crippen LogP contribution >= 0.6 is 0 Å². The van der Waals surface area contributed by atoms with Gasteiger partial charge in [-0.25, -0.2) is 9.18 Å². The summed E-state index contributed by atoms with van der Waals surface area (Å²) in [5.74, 6) is -1.59. The second-order valence-electron chi connectivity index (χ2n) is 4.49. The van der Waals surface area contributed by atoms with E-state index in [2.05, 4.69) is 10.1 Å². The maximum atomic E-state index is 12.8. The maximum absolute atomic E-state index is 12.8. The SMILES string of the molecule is CCC(=O)CC[C@@H](NC(=O)c1ccc(F)cc1)C(=O)OC. The van der Waals surface area contributed by atoms with Crippen molar-refractivity contribution in [3.63, 3.8) is 0 Å². The zero-order valence-corrected chi connectivity index (χ0v) is 12.0. The van der Waals surface area contributed by atoms with Crippen molar-refractivity contribution in [2.24, 2.45) is 0 Å². The second kappa shape index (κ2) is 8.14. The van der Waals surface area contributed by atoms with Crippen LogP contribution in [-0.2, 0) is 14.3 Å². The first kappa shape index (κ1) is 16.8. The molecule has 5 nitrogen and oxygen atoms in total. The van der Waals surface area contributed by atoms with Gasteiger partial charge in [0.1, 0.15) is 17.6 Å². The molecule has 0 bridgehead atoms. The molecular weight excluding hydrogens is 277 g/mol. The molecule has 0 aliphatic carbocycles. The highest BCUT2D eigenvalue weighted by Crippen LogP contribution is 2.06. The quantitative estimate of drug-likeness (QED) is 0.779. The molecule has 0 unspecified atom stereocenters. The molecule has 21 heavy (non-hydrogen) atoms. The van der Waals surface area contributed by atoms with E-state index >= 15 is 0 Å². The molecule has 0 spiro atoms. The minimum absolute atomic E-state index is 0.0000609. The Bertz CT molecular complexity index is 513. The number of carbonyl (C=O) groups excluding carboxylic acids is 3. The predicted octanol–water partition coefficient (Wildman–Crippen LogP) is 1.86. The lowest BCUT2D eigenvalue weighted by Crippen LogP contribution is -2.41. The van der Waals surface area contributed by atoms with Crippen molar-refractivity contribution >= 4 is 17.7 Å². The Kier molecular flexibility index (Phi) is 6.52. The summed E-state index contributed by atoms with van der Waals surface area (Å²) in [7, 11) is 1.21. The lowest BCUT2D eigenvalue weighted by Gasteiger charge is -2.16. The van der Waals surface area contributed by atoms with Gasteiger partial charge in [-0.1, -0.05) is 6.92 Å². The van der Waals surface area contributed by atoms with Crippen molar-refractivity contribution in [1.82, 2.24) is 5.32 Å². The van der Waals surface area contributed by atoms with Gasteiger partial charge in [0.2, 0.25) is 0 Å². The summed E-state index contributed by atoms with van der Waals surface area (Å²) >= 11 is 0. The van der Waals surface area contributed by atoms with Crippen molar-refractivity contribution in [1.29, 1.82) is 0 Å². The van der Waals surface area contributed by atoms with Gasteiger partial charge in [-0.2, -0.15) is 0 Å². The summed E-state index contributed by atoms with van der Waals surface area (Å²) in [6, 6.07) is 4.04. The summed E-state index contributed by atoms with van der Waals surface area (Å²) in [6.07, 6.45) is 0.728. The third-order valence-corrected chi connectivity index (χ3v) is 3.00. The fourth-order valence-electron chi connectivity index (χ4n) is 1.72. The van der Waals surface area contributed by atoms with Gasteiger partial charge in [0.15, 0.2) is 0 Å². The van der Waals surface area contributed by atoms with Gasteiger partial charge in [0.05, 0.1) is 7.11 Å². The first-order chi connectivity index (χ1) is 9.97. The molecule has 0 radical (unpaired) electrons. The number of ether oxygens (including phenoxy) is 1. The van der Waals surface area contributed by atoms with Crippen LogP contribution in [0, 0.1) is 5.82 Å². The summed E-state index contributed by atoms with van der Waals surface area (Å²) < 4.78 is 17.4. The smallest absolute Gasteiger partial charge is 0.328 e. The van der Waals surface area contributed by atoms with Gasteiger partial charge in [-0.15, -0.1) is 0 Å². The number of carbonyl (C=O) groups is 3. The molecule has 1 atom stereocenters. The Hall–Kier alpha value is -2.24. The summed E-state index contributed by atoms with van der Waals surface area (Å²) in [6.45, 7) is 1.73. The second-order valence-corrected chi connectivity index (χ2v) is 4.49. The Morgan fingerprint density at radius 1 is 1.24 bits per heavy atom. The summed E-state index contributed by atoms with van der Waals surface area (Å²) in [5.41, 5.74) is 0.229. The number of methoxy groups -OCH3 is 1. The highest BCUT2D eigenvalue weighted by Gasteiger charge is 2.22. The Balaban J connectivity index is 2.71. The molecule has 1 aromatic rings. The van der Waals surface area contributed by atoms with E-state index in [0.29, 0.717) is 6.42 Å². The molecule has 0 heterocycles. The molecular formula is C15H18FNO4. The molecule has 1 aromatic carbocycles. The van der Waals surface area contributed by atoms with Crippen molar-refractivity contribution < 1.29 is 23.5 Å². The van der Waals surface area contributed by atoms with Crippen LogP contribution in [0.2, 0.25) is 0 Å². The van der Waals surface area contributed by atoms with E-state index in [1.165, 1.54) is 19.2 Å². The first-order valence-electron chi connectivity index (χ1n) is 6.63. The van der Waals surface area contributed by atoms with Crippen LogP contribution in [-0.4, -0.2) is 30.8 Å². The standard InChI is InChI=1S/C15H18FNO4/c1-3-12(18)8-9-13(15(20)21-2)17-14(19)10-4-6-11(16)7-5-10/h4-7,13H,3,8-9H2,1-2H3,(H,17,19)/t13-/m1/s1. The number of amides is 1. The average Bonchev–Trinajstić information content (AvgIpc) is 2.50. The minimum atomic E-state index is -0.900. The van der Waals surface area contributed by atoms with Crippen molar-refractivity contribution in [2.75, 3.05) is 7.11 Å². The first-order valence-corrected chi connectivity index (χ1v) is 6.63. The predicted molar refractivity (Wildman–Crippen MR) is 74.2 cm³/mol. The monoisotopic (exact) mass is 295 g/mol. The molecule has 1 amide bonds. The fraction of sp³-hybridized carbons (Fsp3) is 0.400. The largest absolute Gasteiger partial charge is 0.467 e. The van der Waals surface area contributed by atoms with Crippen LogP contribution < -0.4 is 5.32 Å². The molecule has 6 heteroatoms. The molecule has 0 saturated heterocycles. The normalized spacial score (nSPS) is 11.6. The molecule has 0 fully saturated rings. The minimum Gasteiger partial charge on any atom is -0.467 e. The topological polar surface area (TPSA) is 72.5 Å². The van der Waals surface area contributed by atoms with Gasteiger partial charge in [-0.3, -0.25) is 9.59 Å². The van der Waals surface area contributed by atoms with Gasteiger partial charge in [0.25, 0.3) is 5.91 Å². The van der Waals surface area contributed by atoms with E-state index < -0.39 is 23.7 Å². The highest BCUT2D eigenvalue weighted by molar-refractivity contribution is 5.96. The van der Waals surface area contributed by atoms with Crippen LogP contribution in [0.25, 0.3) is 0 Å². The zero-order chi connectivity index (χ0) is 15.8. The maximum Gasteiger partial charge on any atom is 0.328 e. The lowest BCUT2D eigenvalue weighted by atomic mass is 10.1. The fourth-order valence-corrected chi connectivity index (χ4v) is 1.72. The van der Waals surface area contributed by atoms with E-state index in [4.69, 9.17) is 0 Å². The Morgan fingerprint density at radius 2 is 1.86 bits per heavy atom. The highest BCUT2D eigenvalue weighted by atomic mass is 19.1. The van der Waals surface area contributed by atoms with Crippen LogP contribution in [0.3, 0.4) is 0 Å². The molecule has 0 aliphatic rings. The third kappa shape index (κ3) is 5.33. The number of hydrogen-bond acceptors (Lipinski definition) is 4. The van der Waals surface area contributed by atoms with Crippen LogP contribution in [0.1, 0.15) is 36.5 Å². The number of halogens is 1. The molecule has 0 saturated carbocycles. The van der Waals surface area contributed by atoms with Crippen LogP contribution in [0.4, 0.5) is 4.39 Å². The van der Waals surface area contributed by atoms with Gasteiger partial charge in [-0.05, 0) is 30.7 Å². The van der Waals surface area contributed by atoms with Crippen molar-refractivity contribution in [2.45, 2.75) is 32.2 Å². The molecule has 0 aromatic heterocycles. The number of nitrogens with one attached hydrogen (secondary N) is 1. The summed E-state index contributed by atoms with van der Waals surface area (Å²) in [4.78, 5) is 34.9. The van der Waals surface area contributed by atoms with E-state index in [-0.39, 0.29) is 24.2 Å². The molecule has 0 aliphatic heterocycles.